The third-order valence-corrected chi connectivity index (χ3v) is 2.07. The van der Waals surface area contributed by atoms with Gasteiger partial charge in [-0.05, 0) is 12.6 Å². The molecule has 14 heavy (non-hydrogen) atoms. The Morgan fingerprint density at radius 3 is 2.57 bits per heavy atom. The number of aliphatic hydroxyl groups excluding tert-OH is 1. The first-order chi connectivity index (χ1) is 6.84. The van der Waals surface area contributed by atoms with E-state index in [1.807, 2.05) is 37.4 Å². The van der Waals surface area contributed by atoms with Crippen molar-refractivity contribution >= 4 is 0 Å². The maximum Gasteiger partial charge on any atom is 0.0914 e. The lowest BCUT2D eigenvalue weighted by molar-refractivity contribution is 0.175. The maximum absolute atomic E-state index is 9.74. The van der Waals surface area contributed by atoms with Gasteiger partial charge in [-0.25, -0.2) is 0 Å². The fourth-order valence-electron chi connectivity index (χ4n) is 1.25. The van der Waals surface area contributed by atoms with E-state index in [9.17, 15) is 5.11 Å². The minimum atomic E-state index is -0.409. The van der Waals surface area contributed by atoms with Crippen LogP contribution < -0.4 is 10.6 Å². The van der Waals surface area contributed by atoms with Gasteiger partial charge in [-0.1, -0.05) is 30.3 Å². The van der Waals surface area contributed by atoms with E-state index in [2.05, 4.69) is 10.6 Å². The van der Waals surface area contributed by atoms with E-state index in [0.29, 0.717) is 6.54 Å². The van der Waals surface area contributed by atoms with Crippen molar-refractivity contribution in [2.75, 3.05) is 26.7 Å². The second-order valence-electron chi connectivity index (χ2n) is 3.23. The summed E-state index contributed by atoms with van der Waals surface area (Å²) in [5, 5.41) is 15.9. The molecule has 1 atom stereocenters. The van der Waals surface area contributed by atoms with Crippen LogP contribution in [0.4, 0.5) is 0 Å². The van der Waals surface area contributed by atoms with Crippen molar-refractivity contribution in [3.05, 3.63) is 35.9 Å². The molecule has 0 saturated carbocycles. The van der Waals surface area contributed by atoms with Crippen LogP contribution in [0, 0.1) is 0 Å². The van der Waals surface area contributed by atoms with E-state index in [1.165, 1.54) is 0 Å². The first-order valence-corrected chi connectivity index (χ1v) is 4.93. The monoisotopic (exact) mass is 194 g/mol. The summed E-state index contributed by atoms with van der Waals surface area (Å²) < 4.78 is 0. The molecule has 0 bridgehead atoms. The van der Waals surface area contributed by atoms with Crippen molar-refractivity contribution in [1.82, 2.24) is 10.6 Å². The zero-order valence-corrected chi connectivity index (χ0v) is 8.53. The van der Waals surface area contributed by atoms with Crippen LogP contribution in [-0.2, 0) is 0 Å². The number of aliphatic hydroxyl groups is 1. The van der Waals surface area contributed by atoms with Gasteiger partial charge in [-0.2, -0.15) is 0 Å². The smallest absolute Gasteiger partial charge is 0.0914 e. The van der Waals surface area contributed by atoms with Gasteiger partial charge in [-0.3, -0.25) is 0 Å². The standard InChI is InChI=1S/C11H18N2O/c1-12-7-8-13-9-11(14)10-5-3-2-4-6-10/h2-6,11-14H,7-9H2,1H3/t11-/m1/s1. The van der Waals surface area contributed by atoms with Crippen molar-refractivity contribution in [3.63, 3.8) is 0 Å². The third-order valence-electron chi connectivity index (χ3n) is 2.07. The Labute approximate surface area is 85.2 Å². The molecule has 3 nitrogen and oxygen atoms in total. The lowest BCUT2D eigenvalue weighted by atomic mass is 10.1. The molecular weight excluding hydrogens is 176 g/mol. The fourth-order valence-corrected chi connectivity index (χ4v) is 1.25. The van der Waals surface area contributed by atoms with Gasteiger partial charge in [-0.15, -0.1) is 0 Å². The topological polar surface area (TPSA) is 44.3 Å². The van der Waals surface area contributed by atoms with Crippen molar-refractivity contribution in [3.8, 4) is 0 Å². The zero-order valence-electron chi connectivity index (χ0n) is 8.53. The van der Waals surface area contributed by atoms with E-state index >= 15 is 0 Å². The molecule has 1 aromatic carbocycles. The van der Waals surface area contributed by atoms with Gasteiger partial charge in [0, 0.05) is 19.6 Å². The van der Waals surface area contributed by atoms with Gasteiger partial charge in [0.2, 0.25) is 0 Å². The molecular formula is C11H18N2O. The summed E-state index contributed by atoms with van der Waals surface area (Å²) in [5.41, 5.74) is 0.962. The summed E-state index contributed by atoms with van der Waals surface area (Å²) in [7, 11) is 1.91. The normalized spacial score (nSPS) is 12.7. The first-order valence-electron chi connectivity index (χ1n) is 4.93. The summed E-state index contributed by atoms with van der Waals surface area (Å²) in [5.74, 6) is 0. The SMILES string of the molecule is CNCCNC[C@@H](O)c1ccccc1. The summed E-state index contributed by atoms with van der Waals surface area (Å²) >= 11 is 0. The van der Waals surface area contributed by atoms with Gasteiger partial charge >= 0.3 is 0 Å². The summed E-state index contributed by atoms with van der Waals surface area (Å²) in [6.45, 7) is 2.40. The number of hydrogen-bond donors (Lipinski definition) is 3. The van der Waals surface area contributed by atoms with Crippen molar-refractivity contribution in [2.24, 2.45) is 0 Å². The van der Waals surface area contributed by atoms with Crippen LogP contribution >= 0.6 is 0 Å². The van der Waals surface area contributed by atoms with E-state index in [0.717, 1.165) is 18.7 Å². The number of likely N-dealkylation sites (N-methyl/N-ethyl adjacent to an activating group) is 1. The molecule has 0 fully saturated rings. The maximum atomic E-state index is 9.74. The Balaban J connectivity index is 2.25. The summed E-state index contributed by atoms with van der Waals surface area (Å²) in [6, 6.07) is 9.69. The van der Waals surface area contributed by atoms with Crippen LogP contribution in [0.2, 0.25) is 0 Å². The molecule has 0 aliphatic rings. The quantitative estimate of drug-likeness (QED) is 0.579. The number of hydrogen-bond acceptors (Lipinski definition) is 3. The molecule has 0 heterocycles. The highest BCUT2D eigenvalue weighted by molar-refractivity contribution is 5.17. The highest BCUT2D eigenvalue weighted by Gasteiger charge is 2.04. The van der Waals surface area contributed by atoms with E-state index < -0.39 is 6.10 Å². The Bertz CT molecular complexity index is 238. The van der Waals surface area contributed by atoms with Crippen LogP contribution in [0.25, 0.3) is 0 Å². The molecule has 0 amide bonds. The largest absolute Gasteiger partial charge is 0.387 e. The second-order valence-corrected chi connectivity index (χ2v) is 3.23. The average Bonchev–Trinajstić information content (AvgIpc) is 2.25. The molecule has 0 unspecified atom stereocenters. The van der Waals surface area contributed by atoms with Gasteiger partial charge in [0.05, 0.1) is 6.10 Å². The molecule has 1 rings (SSSR count). The molecule has 0 aliphatic carbocycles. The molecule has 3 N–H and O–H groups in total. The van der Waals surface area contributed by atoms with Gasteiger partial charge in [0.1, 0.15) is 0 Å². The molecule has 0 aliphatic heterocycles. The minimum absolute atomic E-state index is 0.409. The zero-order chi connectivity index (χ0) is 10.2. The fraction of sp³-hybridized carbons (Fsp3) is 0.455. The van der Waals surface area contributed by atoms with Crippen LogP contribution in [0.15, 0.2) is 30.3 Å². The third kappa shape index (κ3) is 3.87. The Kier molecular flexibility index (Phi) is 5.22. The summed E-state index contributed by atoms with van der Waals surface area (Å²) in [4.78, 5) is 0. The van der Waals surface area contributed by atoms with Gasteiger partial charge < -0.3 is 15.7 Å². The van der Waals surface area contributed by atoms with Crippen molar-refractivity contribution in [2.45, 2.75) is 6.10 Å². The number of rotatable bonds is 6. The Morgan fingerprint density at radius 2 is 1.93 bits per heavy atom. The van der Waals surface area contributed by atoms with Gasteiger partial charge in [0.25, 0.3) is 0 Å². The lowest BCUT2D eigenvalue weighted by Crippen LogP contribution is -2.28. The molecule has 0 radical (unpaired) electrons. The van der Waals surface area contributed by atoms with E-state index in [1.54, 1.807) is 0 Å². The second kappa shape index (κ2) is 6.54. The predicted octanol–water partition coefficient (Wildman–Crippen LogP) is 0.529. The Hall–Kier alpha value is -0.900. The van der Waals surface area contributed by atoms with E-state index in [4.69, 9.17) is 0 Å². The molecule has 1 aromatic rings. The van der Waals surface area contributed by atoms with Crippen LogP contribution in [0.5, 0.6) is 0 Å². The molecule has 0 saturated heterocycles. The highest BCUT2D eigenvalue weighted by atomic mass is 16.3. The number of nitrogens with one attached hydrogen (secondary N) is 2. The molecule has 0 spiro atoms. The first kappa shape index (κ1) is 11.2. The van der Waals surface area contributed by atoms with E-state index in [-0.39, 0.29) is 0 Å². The molecule has 0 aromatic heterocycles. The van der Waals surface area contributed by atoms with Gasteiger partial charge in [0.15, 0.2) is 0 Å². The Morgan fingerprint density at radius 1 is 1.21 bits per heavy atom. The predicted molar refractivity (Wildman–Crippen MR) is 58.2 cm³/mol. The highest BCUT2D eigenvalue weighted by Crippen LogP contribution is 2.09. The molecule has 78 valence electrons. The minimum Gasteiger partial charge on any atom is -0.387 e. The van der Waals surface area contributed by atoms with Crippen LogP contribution in [-0.4, -0.2) is 31.8 Å². The van der Waals surface area contributed by atoms with Crippen LogP contribution in [0.3, 0.4) is 0 Å². The average molecular weight is 194 g/mol. The van der Waals surface area contributed by atoms with Crippen molar-refractivity contribution in [1.29, 1.82) is 0 Å². The van der Waals surface area contributed by atoms with Crippen molar-refractivity contribution < 1.29 is 5.11 Å². The molecule has 3 heteroatoms. The summed E-state index contributed by atoms with van der Waals surface area (Å²) in [6.07, 6.45) is -0.409. The lowest BCUT2D eigenvalue weighted by Gasteiger charge is -2.11. The van der Waals surface area contributed by atoms with Crippen LogP contribution in [0.1, 0.15) is 11.7 Å². The number of benzene rings is 1.